The molecule has 0 saturated carbocycles. The Bertz CT molecular complexity index is 584. The molecule has 1 amide bonds. The van der Waals surface area contributed by atoms with Crippen LogP contribution >= 0.6 is 0 Å². The number of benzene rings is 1. The van der Waals surface area contributed by atoms with Crippen molar-refractivity contribution >= 4 is 17.8 Å². The lowest BCUT2D eigenvalue weighted by Crippen LogP contribution is -2.40. The quantitative estimate of drug-likeness (QED) is 0.868. The lowest BCUT2D eigenvalue weighted by Gasteiger charge is -2.32. The van der Waals surface area contributed by atoms with Gasteiger partial charge >= 0.3 is 11.9 Å². The Morgan fingerprint density at radius 1 is 1.18 bits per heavy atom. The fourth-order valence-electron chi connectivity index (χ4n) is 2.78. The van der Waals surface area contributed by atoms with E-state index in [9.17, 15) is 14.4 Å². The molecule has 2 rings (SSSR count). The van der Waals surface area contributed by atoms with E-state index in [4.69, 9.17) is 10.2 Å². The Morgan fingerprint density at radius 2 is 1.91 bits per heavy atom. The van der Waals surface area contributed by atoms with E-state index in [1.54, 1.807) is 17.0 Å². The predicted molar refractivity (Wildman–Crippen MR) is 78.9 cm³/mol. The minimum absolute atomic E-state index is 0.0882. The number of piperidine rings is 1. The van der Waals surface area contributed by atoms with Crippen molar-refractivity contribution in [3.05, 3.63) is 35.4 Å². The topological polar surface area (TPSA) is 94.9 Å². The number of rotatable bonds is 5. The molecular weight excluding hydrogens is 286 g/mol. The Morgan fingerprint density at radius 3 is 2.59 bits per heavy atom. The van der Waals surface area contributed by atoms with Crippen LogP contribution in [0.15, 0.2) is 24.3 Å². The minimum Gasteiger partial charge on any atom is -0.481 e. The summed E-state index contributed by atoms with van der Waals surface area (Å²) in [6, 6.07) is 5.99. The fraction of sp³-hybridized carbons (Fsp3) is 0.438. The fourth-order valence-corrected chi connectivity index (χ4v) is 2.78. The first kappa shape index (κ1) is 16.0. The molecule has 1 aliphatic heterocycles. The molecular formula is C16H19NO5. The SMILES string of the molecule is O=C(O)CCC1CCCN(C(=O)c2cccc(C(=O)O)c2)C1. The van der Waals surface area contributed by atoms with E-state index in [0.29, 0.717) is 25.1 Å². The lowest BCUT2D eigenvalue weighted by atomic mass is 9.93. The first-order valence-electron chi connectivity index (χ1n) is 7.32. The molecule has 22 heavy (non-hydrogen) atoms. The molecule has 0 aromatic heterocycles. The van der Waals surface area contributed by atoms with E-state index in [1.165, 1.54) is 12.1 Å². The van der Waals surface area contributed by atoms with Crippen LogP contribution in [-0.4, -0.2) is 46.0 Å². The molecule has 2 N–H and O–H groups in total. The third-order valence-corrected chi connectivity index (χ3v) is 3.93. The molecule has 1 unspecified atom stereocenters. The number of aliphatic carboxylic acids is 1. The number of carbonyl (C=O) groups is 3. The van der Waals surface area contributed by atoms with E-state index in [1.807, 2.05) is 0 Å². The molecule has 1 heterocycles. The van der Waals surface area contributed by atoms with Gasteiger partial charge in [0.15, 0.2) is 0 Å². The molecule has 6 heteroatoms. The van der Waals surface area contributed by atoms with E-state index in [0.717, 1.165) is 12.8 Å². The number of hydrogen-bond donors (Lipinski definition) is 2. The maximum atomic E-state index is 12.5. The van der Waals surface area contributed by atoms with Crippen LogP contribution in [0.25, 0.3) is 0 Å². The van der Waals surface area contributed by atoms with Crippen LogP contribution in [0.2, 0.25) is 0 Å². The highest BCUT2D eigenvalue weighted by atomic mass is 16.4. The highest BCUT2D eigenvalue weighted by Gasteiger charge is 2.25. The van der Waals surface area contributed by atoms with Gasteiger partial charge in [-0.2, -0.15) is 0 Å². The Hall–Kier alpha value is -2.37. The van der Waals surface area contributed by atoms with Crippen LogP contribution in [0, 0.1) is 5.92 Å². The molecule has 118 valence electrons. The Labute approximate surface area is 128 Å². The Kier molecular flexibility index (Phi) is 5.14. The van der Waals surface area contributed by atoms with Gasteiger partial charge in [0, 0.05) is 25.1 Å². The second kappa shape index (κ2) is 7.06. The number of likely N-dealkylation sites (tertiary alicyclic amines) is 1. The number of aromatic carboxylic acids is 1. The van der Waals surface area contributed by atoms with Gasteiger partial charge in [-0.25, -0.2) is 4.79 Å². The number of amides is 1. The molecule has 1 atom stereocenters. The van der Waals surface area contributed by atoms with Crippen LogP contribution in [0.5, 0.6) is 0 Å². The second-order valence-corrected chi connectivity index (χ2v) is 5.58. The zero-order valence-electron chi connectivity index (χ0n) is 12.2. The van der Waals surface area contributed by atoms with E-state index in [2.05, 4.69) is 0 Å². The van der Waals surface area contributed by atoms with Gasteiger partial charge in [0.25, 0.3) is 5.91 Å². The van der Waals surface area contributed by atoms with Gasteiger partial charge in [-0.3, -0.25) is 9.59 Å². The van der Waals surface area contributed by atoms with E-state index >= 15 is 0 Å². The van der Waals surface area contributed by atoms with Crippen LogP contribution in [-0.2, 0) is 4.79 Å². The number of hydrogen-bond acceptors (Lipinski definition) is 3. The molecule has 0 radical (unpaired) electrons. The average Bonchev–Trinajstić information content (AvgIpc) is 2.52. The van der Waals surface area contributed by atoms with Crippen LogP contribution in [0.1, 0.15) is 46.4 Å². The van der Waals surface area contributed by atoms with Crippen molar-refractivity contribution < 1.29 is 24.6 Å². The molecule has 0 spiro atoms. The van der Waals surface area contributed by atoms with E-state index in [-0.39, 0.29) is 23.8 Å². The molecule has 1 aliphatic rings. The summed E-state index contributed by atoms with van der Waals surface area (Å²) in [6.45, 7) is 1.16. The predicted octanol–water partition coefficient (Wildman–Crippen LogP) is 2.10. The summed E-state index contributed by atoms with van der Waals surface area (Å²) in [4.78, 5) is 35.8. The van der Waals surface area contributed by atoms with Crippen molar-refractivity contribution in [1.82, 2.24) is 4.90 Å². The highest BCUT2D eigenvalue weighted by molar-refractivity contribution is 5.97. The van der Waals surface area contributed by atoms with Crippen LogP contribution in [0.3, 0.4) is 0 Å². The van der Waals surface area contributed by atoms with Crippen molar-refractivity contribution in [2.75, 3.05) is 13.1 Å². The van der Waals surface area contributed by atoms with Crippen LogP contribution < -0.4 is 0 Å². The standard InChI is InChI=1S/C16H19NO5/c18-14(19)7-6-11-3-2-8-17(10-11)15(20)12-4-1-5-13(9-12)16(21)22/h1,4-5,9,11H,2-3,6-8,10H2,(H,18,19)(H,21,22). The third kappa shape index (κ3) is 4.07. The zero-order valence-corrected chi connectivity index (χ0v) is 12.2. The number of carboxylic acid groups (broad SMARTS) is 2. The largest absolute Gasteiger partial charge is 0.481 e. The van der Waals surface area contributed by atoms with Crippen molar-refractivity contribution in [3.63, 3.8) is 0 Å². The summed E-state index contributed by atoms with van der Waals surface area (Å²) in [7, 11) is 0. The number of carbonyl (C=O) groups excluding carboxylic acids is 1. The maximum Gasteiger partial charge on any atom is 0.335 e. The number of nitrogens with zero attached hydrogens (tertiary/aromatic N) is 1. The average molecular weight is 305 g/mol. The van der Waals surface area contributed by atoms with Crippen LogP contribution in [0.4, 0.5) is 0 Å². The van der Waals surface area contributed by atoms with Gasteiger partial charge in [0.05, 0.1) is 5.56 Å². The smallest absolute Gasteiger partial charge is 0.335 e. The van der Waals surface area contributed by atoms with Gasteiger partial charge in [-0.1, -0.05) is 6.07 Å². The van der Waals surface area contributed by atoms with E-state index < -0.39 is 11.9 Å². The molecule has 6 nitrogen and oxygen atoms in total. The van der Waals surface area contributed by atoms with Gasteiger partial charge in [-0.15, -0.1) is 0 Å². The number of carboxylic acids is 2. The zero-order chi connectivity index (χ0) is 16.1. The summed E-state index contributed by atoms with van der Waals surface area (Å²) in [5.74, 6) is -1.88. The lowest BCUT2D eigenvalue weighted by molar-refractivity contribution is -0.137. The molecule has 0 aliphatic carbocycles. The van der Waals surface area contributed by atoms with Crippen molar-refractivity contribution in [2.45, 2.75) is 25.7 Å². The normalized spacial score (nSPS) is 18.0. The van der Waals surface area contributed by atoms with Crippen molar-refractivity contribution in [2.24, 2.45) is 5.92 Å². The molecule has 1 fully saturated rings. The van der Waals surface area contributed by atoms with Gasteiger partial charge in [0.1, 0.15) is 0 Å². The summed E-state index contributed by atoms with van der Waals surface area (Å²) >= 11 is 0. The summed E-state index contributed by atoms with van der Waals surface area (Å²) in [6.07, 6.45) is 2.44. The molecule has 1 saturated heterocycles. The second-order valence-electron chi connectivity index (χ2n) is 5.58. The summed E-state index contributed by atoms with van der Waals surface area (Å²) in [5.41, 5.74) is 0.448. The first-order chi connectivity index (χ1) is 10.5. The van der Waals surface area contributed by atoms with Gasteiger partial charge < -0.3 is 15.1 Å². The molecule has 0 bridgehead atoms. The Balaban J connectivity index is 2.04. The summed E-state index contributed by atoms with van der Waals surface area (Å²) in [5, 5.41) is 17.7. The summed E-state index contributed by atoms with van der Waals surface area (Å²) < 4.78 is 0. The first-order valence-corrected chi connectivity index (χ1v) is 7.32. The van der Waals surface area contributed by atoms with Crippen molar-refractivity contribution in [1.29, 1.82) is 0 Å². The van der Waals surface area contributed by atoms with Crippen molar-refractivity contribution in [3.8, 4) is 0 Å². The molecule has 1 aromatic rings. The third-order valence-electron chi connectivity index (χ3n) is 3.93. The van der Waals surface area contributed by atoms with Gasteiger partial charge in [0.2, 0.25) is 0 Å². The van der Waals surface area contributed by atoms with Gasteiger partial charge in [-0.05, 0) is 43.4 Å². The molecule has 1 aromatic carbocycles. The monoisotopic (exact) mass is 305 g/mol. The minimum atomic E-state index is -1.06. The highest BCUT2D eigenvalue weighted by Crippen LogP contribution is 2.22. The maximum absolute atomic E-state index is 12.5.